The van der Waals surface area contributed by atoms with Crippen LogP contribution in [-0.2, 0) is 13.6 Å². The second-order valence-corrected chi connectivity index (χ2v) is 4.87. The Morgan fingerprint density at radius 3 is 2.74 bits per heavy atom. The summed E-state index contributed by atoms with van der Waals surface area (Å²) in [7, 11) is 1.34. The first-order valence-electron chi connectivity index (χ1n) is 5.05. The highest BCUT2D eigenvalue weighted by molar-refractivity contribution is 7.15. The first kappa shape index (κ1) is 13.0. The molecule has 2 rings (SSSR count). The molecule has 0 saturated carbocycles. The second kappa shape index (κ2) is 4.65. The van der Waals surface area contributed by atoms with Gasteiger partial charge in [0, 0.05) is 18.1 Å². The first-order valence-corrected chi connectivity index (χ1v) is 5.87. The van der Waals surface area contributed by atoms with E-state index in [0.29, 0.717) is 10.0 Å². The van der Waals surface area contributed by atoms with Crippen LogP contribution in [0.15, 0.2) is 22.0 Å². The Bertz CT molecular complexity index is 759. The molecule has 0 radical (unpaired) electrons. The van der Waals surface area contributed by atoms with Gasteiger partial charge in [0.1, 0.15) is 0 Å². The lowest BCUT2D eigenvalue weighted by molar-refractivity contribution is -0.387. The van der Waals surface area contributed by atoms with E-state index in [4.69, 9.17) is 5.73 Å². The Hall–Kier alpha value is -2.49. The van der Waals surface area contributed by atoms with Crippen LogP contribution in [0.3, 0.4) is 0 Å². The maximum atomic E-state index is 11.9. The summed E-state index contributed by atoms with van der Waals surface area (Å²) >= 11 is 1.11. The lowest BCUT2D eigenvalue weighted by Crippen LogP contribution is -2.39. The van der Waals surface area contributed by atoms with Gasteiger partial charge in [-0.3, -0.25) is 19.5 Å². The fourth-order valence-corrected chi connectivity index (χ4v) is 2.20. The normalized spacial score (nSPS) is 10.6. The molecule has 19 heavy (non-hydrogen) atoms. The van der Waals surface area contributed by atoms with E-state index in [0.717, 1.165) is 26.7 Å². The van der Waals surface area contributed by atoms with Gasteiger partial charge in [0.15, 0.2) is 5.13 Å². The highest BCUT2D eigenvalue weighted by Crippen LogP contribution is 2.14. The van der Waals surface area contributed by atoms with Crippen LogP contribution in [0.2, 0.25) is 0 Å². The molecule has 2 heterocycles. The van der Waals surface area contributed by atoms with Crippen LogP contribution in [0.4, 0.5) is 10.8 Å². The Morgan fingerprint density at radius 1 is 1.53 bits per heavy atom. The number of nitrogen functional groups attached to an aromatic ring is 1. The van der Waals surface area contributed by atoms with E-state index < -0.39 is 21.9 Å². The number of anilines is 1. The number of nitro groups is 1. The van der Waals surface area contributed by atoms with Crippen molar-refractivity contribution in [3.8, 4) is 0 Å². The largest absolute Gasteiger partial charge is 0.375 e. The van der Waals surface area contributed by atoms with E-state index >= 15 is 0 Å². The average molecular weight is 283 g/mol. The molecule has 0 atom stereocenters. The molecular weight excluding hydrogens is 274 g/mol. The van der Waals surface area contributed by atoms with Crippen LogP contribution in [0, 0.1) is 10.1 Å². The Kier molecular flexibility index (Phi) is 3.17. The average Bonchev–Trinajstić information content (AvgIpc) is 2.74. The number of aryl methyl sites for hydroxylation is 1. The standard InChI is InChI=1S/C9H9N5O4S/c1-12-4-6(14(17)18)7(15)13(9(12)16)3-5-2-11-8(10)19-5/h2,4H,3H2,1H3,(H2,10,11). The molecule has 0 aliphatic rings. The molecule has 0 aliphatic carbocycles. The van der Waals surface area contributed by atoms with Crippen molar-refractivity contribution in [3.05, 3.63) is 48.2 Å². The Labute approximate surface area is 109 Å². The van der Waals surface area contributed by atoms with Crippen molar-refractivity contribution in [1.29, 1.82) is 0 Å². The van der Waals surface area contributed by atoms with Crippen LogP contribution in [0.25, 0.3) is 0 Å². The molecule has 0 unspecified atom stereocenters. The second-order valence-electron chi connectivity index (χ2n) is 3.72. The number of nitrogens with zero attached hydrogens (tertiary/aromatic N) is 4. The summed E-state index contributed by atoms with van der Waals surface area (Å²) in [6.07, 6.45) is 2.33. The van der Waals surface area contributed by atoms with Gasteiger partial charge in [-0.05, 0) is 0 Å². The maximum Gasteiger partial charge on any atom is 0.350 e. The number of nitrogens with two attached hydrogens (primary N) is 1. The summed E-state index contributed by atoms with van der Waals surface area (Å²) in [5, 5.41) is 11.0. The van der Waals surface area contributed by atoms with Gasteiger partial charge in [-0.1, -0.05) is 0 Å². The molecule has 0 fully saturated rings. The van der Waals surface area contributed by atoms with Crippen molar-refractivity contribution in [2.75, 3.05) is 5.73 Å². The summed E-state index contributed by atoms with van der Waals surface area (Å²) in [5.74, 6) is 0. The molecule has 2 N–H and O–H groups in total. The van der Waals surface area contributed by atoms with E-state index in [1.807, 2.05) is 0 Å². The van der Waals surface area contributed by atoms with Crippen LogP contribution in [0.5, 0.6) is 0 Å². The monoisotopic (exact) mass is 283 g/mol. The number of hydrogen-bond donors (Lipinski definition) is 1. The predicted molar refractivity (Wildman–Crippen MR) is 68.2 cm³/mol. The lowest BCUT2D eigenvalue weighted by atomic mass is 10.4. The molecule has 0 aliphatic heterocycles. The van der Waals surface area contributed by atoms with E-state index in [-0.39, 0.29) is 6.54 Å². The van der Waals surface area contributed by atoms with Crippen LogP contribution >= 0.6 is 11.3 Å². The maximum absolute atomic E-state index is 11.9. The third-order valence-electron chi connectivity index (χ3n) is 2.39. The number of aromatic nitrogens is 3. The molecule has 2 aromatic rings. The van der Waals surface area contributed by atoms with Crippen molar-refractivity contribution >= 4 is 22.2 Å². The van der Waals surface area contributed by atoms with Gasteiger partial charge in [-0.15, -0.1) is 11.3 Å². The molecule has 0 bridgehead atoms. The molecular formula is C9H9N5O4S. The van der Waals surface area contributed by atoms with Crippen molar-refractivity contribution in [1.82, 2.24) is 14.1 Å². The van der Waals surface area contributed by atoms with Gasteiger partial charge in [-0.2, -0.15) is 0 Å². The quantitative estimate of drug-likeness (QED) is 0.600. The SMILES string of the molecule is Cn1cc([N+](=O)[O-])c(=O)n(Cc2cnc(N)s2)c1=O. The molecule has 0 spiro atoms. The van der Waals surface area contributed by atoms with E-state index in [2.05, 4.69) is 4.98 Å². The molecule has 0 amide bonds. The molecule has 100 valence electrons. The van der Waals surface area contributed by atoms with Gasteiger partial charge in [0.25, 0.3) is 0 Å². The van der Waals surface area contributed by atoms with Crippen molar-refractivity contribution in [2.24, 2.45) is 7.05 Å². The molecule has 10 heteroatoms. The molecule has 9 nitrogen and oxygen atoms in total. The van der Waals surface area contributed by atoms with Gasteiger partial charge >= 0.3 is 16.9 Å². The van der Waals surface area contributed by atoms with Crippen molar-refractivity contribution in [2.45, 2.75) is 6.54 Å². The zero-order valence-corrected chi connectivity index (χ0v) is 10.6. The van der Waals surface area contributed by atoms with Crippen molar-refractivity contribution < 1.29 is 4.92 Å². The van der Waals surface area contributed by atoms with E-state index in [9.17, 15) is 19.7 Å². The highest BCUT2D eigenvalue weighted by Gasteiger charge is 2.19. The summed E-state index contributed by atoms with van der Waals surface area (Å²) in [6.45, 7) is -0.0952. The third kappa shape index (κ3) is 2.38. The number of hydrogen-bond acceptors (Lipinski definition) is 7. The fraction of sp³-hybridized carbons (Fsp3) is 0.222. The predicted octanol–water partition coefficient (Wildman–Crippen LogP) is -0.458. The Balaban J connectivity index is 2.59. The lowest BCUT2D eigenvalue weighted by Gasteiger charge is -2.04. The number of thiazole rings is 1. The van der Waals surface area contributed by atoms with Crippen LogP contribution in [-0.4, -0.2) is 19.0 Å². The molecule has 0 saturated heterocycles. The van der Waals surface area contributed by atoms with Crippen LogP contribution < -0.4 is 17.0 Å². The Morgan fingerprint density at radius 2 is 2.21 bits per heavy atom. The fourth-order valence-electron chi connectivity index (χ4n) is 1.53. The van der Waals surface area contributed by atoms with Gasteiger partial charge in [-0.25, -0.2) is 14.3 Å². The summed E-state index contributed by atoms with van der Waals surface area (Å²) in [5.41, 5.74) is 3.21. The third-order valence-corrected chi connectivity index (χ3v) is 3.21. The highest BCUT2D eigenvalue weighted by atomic mass is 32.1. The smallest absolute Gasteiger partial charge is 0.350 e. The summed E-state index contributed by atoms with van der Waals surface area (Å²) in [4.78, 5) is 38.0. The van der Waals surface area contributed by atoms with Crippen LogP contribution in [0.1, 0.15) is 4.88 Å². The van der Waals surface area contributed by atoms with E-state index in [1.165, 1.54) is 13.2 Å². The van der Waals surface area contributed by atoms with Gasteiger partial charge in [0.05, 0.1) is 17.7 Å². The minimum absolute atomic E-state index is 0.0952. The minimum atomic E-state index is -0.944. The topological polar surface area (TPSA) is 126 Å². The summed E-state index contributed by atoms with van der Waals surface area (Å²) in [6, 6.07) is 0. The van der Waals surface area contributed by atoms with Gasteiger partial charge in [0.2, 0.25) is 0 Å². The van der Waals surface area contributed by atoms with Gasteiger partial charge < -0.3 is 5.73 Å². The first-order chi connectivity index (χ1) is 8.90. The molecule has 2 aromatic heterocycles. The minimum Gasteiger partial charge on any atom is -0.375 e. The summed E-state index contributed by atoms with van der Waals surface area (Å²) < 4.78 is 1.77. The molecule has 0 aromatic carbocycles. The zero-order chi connectivity index (χ0) is 14.2. The van der Waals surface area contributed by atoms with Crippen molar-refractivity contribution in [3.63, 3.8) is 0 Å². The number of rotatable bonds is 3. The zero-order valence-electron chi connectivity index (χ0n) is 9.77. The van der Waals surface area contributed by atoms with E-state index in [1.54, 1.807) is 0 Å².